The van der Waals surface area contributed by atoms with E-state index in [-0.39, 0.29) is 33.8 Å². The molecule has 0 saturated heterocycles. The van der Waals surface area contributed by atoms with Crippen molar-refractivity contribution < 1.29 is 62.2 Å². The quantitative estimate of drug-likeness (QED) is 0.148. The van der Waals surface area contributed by atoms with Gasteiger partial charge in [-0.15, -0.1) is 0 Å². The molecule has 4 N–H and O–H groups in total. The fraction of sp³-hybridized carbons (Fsp3) is 0.273. The molecule has 0 heterocycles. The Morgan fingerprint density at radius 1 is 0.469 bits per heavy atom. The lowest BCUT2D eigenvalue weighted by molar-refractivity contribution is -0.323. The molecule has 0 unspecified atom stereocenters. The van der Waals surface area contributed by atoms with Crippen LogP contribution in [-0.4, -0.2) is 12.1 Å². The highest BCUT2D eigenvalue weighted by Crippen LogP contribution is 2.56. The molecule has 4 aromatic rings. The molecule has 0 atom stereocenters. The molecular formula is C33H26F12N2O2. The topological polar surface area (TPSA) is 70.5 Å². The molecular weight excluding hydrogens is 684 g/mol. The van der Waals surface area contributed by atoms with Crippen LogP contribution >= 0.6 is 0 Å². The number of anilines is 2. The number of nitrogen functional groups attached to an aromatic ring is 2. The summed E-state index contributed by atoms with van der Waals surface area (Å²) in [5, 5.41) is 0. The summed E-state index contributed by atoms with van der Waals surface area (Å²) in [5.74, 6) is -7.38. The molecule has 0 aliphatic heterocycles. The number of hydrogen-bond acceptors (Lipinski definition) is 4. The van der Waals surface area contributed by atoms with Crippen molar-refractivity contribution in [2.75, 3.05) is 11.5 Å². The number of benzene rings is 4. The summed E-state index contributed by atoms with van der Waals surface area (Å²) >= 11 is 0. The molecule has 264 valence electrons. The van der Waals surface area contributed by atoms with E-state index in [9.17, 15) is 39.5 Å². The number of rotatable bonds is 7. The molecule has 0 fully saturated rings. The van der Waals surface area contributed by atoms with Crippen LogP contribution in [0, 0.1) is 27.7 Å². The van der Waals surface area contributed by atoms with Crippen molar-refractivity contribution in [1.29, 1.82) is 0 Å². The van der Waals surface area contributed by atoms with Gasteiger partial charge >= 0.3 is 24.5 Å². The molecule has 0 spiro atoms. The number of alkyl halides is 12. The summed E-state index contributed by atoms with van der Waals surface area (Å²) in [4.78, 5) is 0. The zero-order valence-corrected chi connectivity index (χ0v) is 25.8. The first-order valence-electron chi connectivity index (χ1n) is 13.9. The lowest BCUT2D eigenvalue weighted by Gasteiger charge is -2.36. The summed E-state index contributed by atoms with van der Waals surface area (Å²) < 4.78 is 181. The zero-order valence-electron chi connectivity index (χ0n) is 25.8. The smallest absolute Gasteiger partial charge is 0.457 e. The fourth-order valence-corrected chi connectivity index (χ4v) is 5.27. The second-order valence-corrected chi connectivity index (χ2v) is 11.3. The third kappa shape index (κ3) is 6.90. The maximum Gasteiger partial charge on any atom is 0.457 e. The van der Waals surface area contributed by atoms with E-state index in [1.54, 1.807) is 0 Å². The molecule has 49 heavy (non-hydrogen) atoms. The summed E-state index contributed by atoms with van der Waals surface area (Å²) in [6.07, 6.45) is -16.2. The number of ether oxygens (including phenoxy) is 2. The lowest BCUT2D eigenvalue weighted by atomic mass is 9.79. The van der Waals surface area contributed by atoms with Crippen LogP contribution in [0.3, 0.4) is 0 Å². The van der Waals surface area contributed by atoms with Gasteiger partial charge in [0.2, 0.25) is 5.67 Å². The SMILES string of the molecule is Cc1cc(C(F)(c2cc(C)c(Oc3ccc(N)c(C(F)(F)F)c3)c(C)c2)C(F)(F)C(F)(F)F)cc(C)c1Oc1ccc(N)c(C(F)(F)F)c1. The molecule has 0 aliphatic rings. The summed E-state index contributed by atoms with van der Waals surface area (Å²) in [6, 6.07) is 7.63. The number of nitrogens with two attached hydrogens (primary N) is 2. The van der Waals surface area contributed by atoms with Gasteiger partial charge < -0.3 is 20.9 Å². The fourth-order valence-electron chi connectivity index (χ4n) is 5.27. The summed E-state index contributed by atoms with van der Waals surface area (Å²) in [7, 11) is 0. The Morgan fingerprint density at radius 3 is 1.04 bits per heavy atom. The van der Waals surface area contributed by atoms with Crippen molar-refractivity contribution in [2.45, 2.75) is 57.8 Å². The number of aryl methyl sites for hydroxylation is 4. The minimum absolute atomic E-state index is 0.211. The first kappa shape index (κ1) is 37.1. The van der Waals surface area contributed by atoms with Crippen molar-refractivity contribution in [3.05, 3.63) is 105 Å². The summed E-state index contributed by atoms with van der Waals surface area (Å²) in [6.45, 7) is 4.65. The Bertz CT molecular complexity index is 1730. The van der Waals surface area contributed by atoms with Crippen molar-refractivity contribution in [1.82, 2.24) is 0 Å². The van der Waals surface area contributed by atoms with E-state index in [1.807, 2.05) is 0 Å². The second kappa shape index (κ2) is 12.3. The Kier molecular flexibility index (Phi) is 9.29. The number of halogens is 12. The third-order valence-corrected chi connectivity index (χ3v) is 7.61. The van der Waals surface area contributed by atoms with Crippen molar-refractivity contribution in [2.24, 2.45) is 0 Å². The van der Waals surface area contributed by atoms with Crippen molar-refractivity contribution in [3.8, 4) is 23.0 Å². The van der Waals surface area contributed by atoms with E-state index in [4.69, 9.17) is 20.9 Å². The predicted molar refractivity (Wildman–Crippen MR) is 157 cm³/mol. The highest BCUT2D eigenvalue weighted by molar-refractivity contribution is 5.57. The molecule has 0 aliphatic carbocycles. The van der Waals surface area contributed by atoms with Gasteiger partial charge in [-0.25, -0.2) is 4.39 Å². The standard InChI is InChI=1S/C33H26F12N2O2/c1-15-9-19(10-16(2)27(15)48-21-5-7-25(46)23(13-21)30(35,36)37)29(34,32(41,42)33(43,44)45)20-11-17(3)28(18(4)12-20)49-22-6-8-26(47)24(14-22)31(38,39)40/h5-14H,46-47H2,1-4H3. The maximum atomic E-state index is 17.0. The molecule has 0 saturated carbocycles. The van der Waals surface area contributed by atoms with Crippen LogP contribution in [0.15, 0.2) is 60.7 Å². The molecule has 4 aromatic carbocycles. The first-order chi connectivity index (χ1) is 22.3. The van der Waals surface area contributed by atoms with E-state index in [0.29, 0.717) is 36.4 Å². The van der Waals surface area contributed by atoms with Crippen LogP contribution in [0.25, 0.3) is 0 Å². The molecule has 0 radical (unpaired) electrons. The average molecular weight is 711 g/mol. The minimum Gasteiger partial charge on any atom is -0.457 e. The van der Waals surface area contributed by atoms with Crippen molar-refractivity contribution >= 4 is 11.4 Å². The first-order valence-corrected chi connectivity index (χ1v) is 13.9. The Hall–Kier alpha value is -4.76. The van der Waals surface area contributed by atoms with E-state index in [0.717, 1.165) is 52.0 Å². The van der Waals surface area contributed by atoms with Gasteiger partial charge in [0.05, 0.1) is 11.1 Å². The molecule has 4 rings (SSSR count). The average Bonchev–Trinajstić information content (AvgIpc) is 2.95. The van der Waals surface area contributed by atoms with E-state index in [2.05, 4.69) is 0 Å². The second-order valence-electron chi connectivity index (χ2n) is 11.3. The van der Waals surface area contributed by atoms with Gasteiger partial charge in [0.1, 0.15) is 23.0 Å². The summed E-state index contributed by atoms with van der Waals surface area (Å²) in [5.41, 5.74) is -0.767. The minimum atomic E-state index is -6.44. The van der Waals surface area contributed by atoms with Gasteiger partial charge in [0.15, 0.2) is 0 Å². The highest BCUT2D eigenvalue weighted by atomic mass is 19.4. The monoisotopic (exact) mass is 710 g/mol. The zero-order chi connectivity index (χ0) is 37.1. The van der Waals surface area contributed by atoms with Crippen LogP contribution in [0.2, 0.25) is 0 Å². The maximum absolute atomic E-state index is 17.0. The normalized spacial score (nSPS) is 13.1. The largest absolute Gasteiger partial charge is 0.457 e. The van der Waals surface area contributed by atoms with Crippen LogP contribution in [0.5, 0.6) is 23.0 Å². The molecule has 4 nitrogen and oxygen atoms in total. The van der Waals surface area contributed by atoms with Gasteiger partial charge in [-0.1, -0.05) is 0 Å². The van der Waals surface area contributed by atoms with Crippen LogP contribution in [0.4, 0.5) is 64.1 Å². The predicted octanol–water partition coefficient (Wildman–Crippen LogP) is 11.1. The van der Waals surface area contributed by atoms with E-state index in [1.165, 1.54) is 0 Å². The van der Waals surface area contributed by atoms with E-state index < -0.39 is 75.2 Å². The van der Waals surface area contributed by atoms with Gasteiger partial charge in [0.25, 0.3) is 0 Å². The van der Waals surface area contributed by atoms with E-state index >= 15 is 13.2 Å². The highest BCUT2D eigenvalue weighted by Gasteiger charge is 2.72. The lowest BCUT2D eigenvalue weighted by Crippen LogP contribution is -2.53. The Balaban J connectivity index is 1.84. The van der Waals surface area contributed by atoms with Crippen molar-refractivity contribution in [3.63, 3.8) is 0 Å². The van der Waals surface area contributed by atoms with Gasteiger partial charge in [-0.3, -0.25) is 0 Å². The van der Waals surface area contributed by atoms with Gasteiger partial charge in [-0.05, 0) is 111 Å². The number of hydrogen-bond donors (Lipinski definition) is 2. The van der Waals surface area contributed by atoms with Crippen LogP contribution < -0.4 is 20.9 Å². The van der Waals surface area contributed by atoms with Crippen LogP contribution in [0.1, 0.15) is 44.5 Å². The van der Waals surface area contributed by atoms with Crippen LogP contribution in [-0.2, 0) is 18.0 Å². The Labute approximate surface area is 271 Å². The van der Waals surface area contributed by atoms with Gasteiger partial charge in [0, 0.05) is 22.5 Å². The molecule has 16 heteroatoms. The Morgan fingerprint density at radius 2 is 0.776 bits per heavy atom. The molecule has 0 amide bonds. The third-order valence-electron chi connectivity index (χ3n) is 7.61. The molecule has 0 bridgehead atoms. The van der Waals surface area contributed by atoms with Gasteiger partial charge in [-0.2, -0.15) is 48.3 Å². The molecule has 0 aromatic heterocycles.